The summed E-state index contributed by atoms with van der Waals surface area (Å²) < 4.78 is 1.65. The monoisotopic (exact) mass is 364 g/mol. The summed E-state index contributed by atoms with van der Waals surface area (Å²) >= 11 is 0. The Bertz CT molecular complexity index is 962. The summed E-state index contributed by atoms with van der Waals surface area (Å²) in [6.45, 7) is 4.67. The van der Waals surface area contributed by atoms with Gasteiger partial charge in [-0.1, -0.05) is 38.0 Å². The van der Waals surface area contributed by atoms with Crippen LogP contribution in [0, 0.1) is 6.92 Å². The van der Waals surface area contributed by atoms with Crippen molar-refractivity contribution < 1.29 is 9.59 Å². The summed E-state index contributed by atoms with van der Waals surface area (Å²) in [6, 6.07) is 13.0. The molecule has 0 unspecified atom stereocenters. The molecule has 3 aromatic rings. The number of aryl methyl sites for hydroxylation is 1. The molecule has 0 bridgehead atoms. The number of benzene rings is 1. The maximum absolute atomic E-state index is 12.8. The highest BCUT2D eigenvalue weighted by Crippen LogP contribution is 2.16. The molecule has 0 saturated heterocycles. The van der Waals surface area contributed by atoms with Gasteiger partial charge in [0.1, 0.15) is 0 Å². The van der Waals surface area contributed by atoms with Gasteiger partial charge in [0, 0.05) is 18.4 Å². The zero-order valence-corrected chi connectivity index (χ0v) is 15.7. The van der Waals surface area contributed by atoms with Gasteiger partial charge in [0.25, 0.3) is 11.8 Å². The van der Waals surface area contributed by atoms with E-state index in [1.165, 1.54) is 0 Å². The summed E-state index contributed by atoms with van der Waals surface area (Å²) in [5.41, 5.74) is 2.58. The molecule has 0 spiro atoms. The van der Waals surface area contributed by atoms with Crippen molar-refractivity contribution in [1.29, 1.82) is 0 Å². The van der Waals surface area contributed by atoms with E-state index in [0.717, 1.165) is 24.8 Å². The second-order valence-corrected chi connectivity index (χ2v) is 6.53. The Morgan fingerprint density at radius 3 is 2.70 bits per heavy atom. The standard InChI is InChI=1S/C21H24N4O2/c1-3-4-6-12-22-21(27)19-24-18(17-11-5-7-13-25(17)19)20(26)23-16-10-8-9-15(2)14-16/h5,7-11,13-14H,3-4,6,12H2,1-2H3,(H,22,27)(H,23,26). The molecule has 0 atom stereocenters. The van der Waals surface area contributed by atoms with Crippen LogP contribution in [0.5, 0.6) is 0 Å². The molecule has 6 heteroatoms. The molecule has 0 saturated carbocycles. The number of pyridine rings is 1. The van der Waals surface area contributed by atoms with Crippen LogP contribution in [0.1, 0.15) is 52.9 Å². The van der Waals surface area contributed by atoms with Crippen LogP contribution in [0.2, 0.25) is 0 Å². The molecule has 1 aromatic carbocycles. The third-order valence-corrected chi connectivity index (χ3v) is 4.31. The number of nitrogens with zero attached hydrogens (tertiary/aromatic N) is 2. The SMILES string of the molecule is CCCCCNC(=O)c1nc(C(=O)Nc2cccc(C)c2)c2ccccn12. The molecule has 3 rings (SSSR count). The highest BCUT2D eigenvalue weighted by molar-refractivity contribution is 6.08. The van der Waals surface area contributed by atoms with Gasteiger partial charge in [-0.2, -0.15) is 0 Å². The lowest BCUT2D eigenvalue weighted by molar-refractivity contribution is 0.0942. The lowest BCUT2D eigenvalue weighted by Gasteiger charge is -2.04. The van der Waals surface area contributed by atoms with Crippen LogP contribution >= 0.6 is 0 Å². The van der Waals surface area contributed by atoms with E-state index in [1.807, 2.05) is 43.3 Å². The van der Waals surface area contributed by atoms with Crippen molar-refractivity contribution in [2.45, 2.75) is 33.1 Å². The van der Waals surface area contributed by atoms with Crippen LogP contribution in [-0.2, 0) is 0 Å². The first-order chi connectivity index (χ1) is 13.1. The molecule has 0 fully saturated rings. The first-order valence-electron chi connectivity index (χ1n) is 9.23. The number of imidazole rings is 1. The molecule has 0 aliphatic carbocycles. The Morgan fingerprint density at radius 2 is 1.93 bits per heavy atom. The summed E-state index contributed by atoms with van der Waals surface area (Å²) in [6.07, 6.45) is 4.82. The van der Waals surface area contributed by atoms with Gasteiger partial charge in [0.2, 0.25) is 5.82 Å². The average Bonchev–Trinajstić information content (AvgIpc) is 3.05. The molecule has 0 aliphatic rings. The van der Waals surface area contributed by atoms with Gasteiger partial charge in [-0.3, -0.25) is 14.0 Å². The number of hydrogen-bond acceptors (Lipinski definition) is 3. The number of unbranched alkanes of at least 4 members (excludes halogenated alkanes) is 2. The largest absolute Gasteiger partial charge is 0.349 e. The minimum atomic E-state index is -0.339. The minimum Gasteiger partial charge on any atom is -0.349 e. The Kier molecular flexibility index (Phi) is 5.86. The first kappa shape index (κ1) is 18.6. The van der Waals surface area contributed by atoms with E-state index in [9.17, 15) is 9.59 Å². The molecule has 2 heterocycles. The van der Waals surface area contributed by atoms with Gasteiger partial charge < -0.3 is 10.6 Å². The van der Waals surface area contributed by atoms with Crippen molar-refractivity contribution >= 4 is 23.0 Å². The second kappa shape index (κ2) is 8.49. The van der Waals surface area contributed by atoms with E-state index in [0.29, 0.717) is 17.7 Å². The topological polar surface area (TPSA) is 75.5 Å². The van der Waals surface area contributed by atoms with Crippen molar-refractivity contribution in [2.75, 3.05) is 11.9 Å². The summed E-state index contributed by atoms with van der Waals surface area (Å²) in [5, 5.41) is 5.74. The molecule has 0 radical (unpaired) electrons. The zero-order chi connectivity index (χ0) is 19.2. The quantitative estimate of drug-likeness (QED) is 0.626. The number of amides is 2. The number of carbonyl (C=O) groups excluding carboxylic acids is 2. The van der Waals surface area contributed by atoms with Gasteiger partial charge in [-0.25, -0.2) is 4.98 Å². The maximum Gasteiger partial charge on any atom is 0.287 e. The molecule has 2 amide bonds. The van der Waals surface area contributed by atoms with Gasteiger partial charge >= 0.3 is 0 Å². The van der Waals surface area contributed by atoms with Crippen molar-refractivity contribution in [3.63, 3.8) is 0 Å². The van der Waals surface area contributed by atoms with Crippen LogP contribution in [0.4, 0.5) is 5.69 Å². The van der Waals surface area contributed by atoms with Crippen molar-refractivity contribution in [3.05, 3.63) is 65.7 Å². The third-order valence-electron chi connectivity index (χ3n) is 4.31. The fraction of sp³-hybridized carbons (Fsp3) is 0.286. The predicted octanol–water partition coefficient (Wildman–Crippen LogP) is 3.82. The third kappa shape index (κ3) is 4.34. The lowest BCUT2D eigenvalue weighted by atomic mass is 10.2. The average molecular weight is 364 g/mol. The highest BCUT2D eigenvalue weighted by Gasteiger charge is 2.21. The Hall–Kier alpha value is -3.15. The molecular weight excluding hydrogens is 340 g/mol. The number of carbonyl (C=O) groups is 2. The van der Waals surface area contributed by atoms with Crippen molar-refractivity contribution in [3.8, 4) is 0 Å². The number of hydrogen-bond donors (Lipinski definition) is 2. The van der Waals surface area contributed by atoms with E-state index in [2.05, 4.69) is 22.5 Å². The van der Waals surface area contributed by atoms with E-state index < -0.39 is 0 Å². The molecule has 0 aliphatic heterocycles. The summed E-state index contributed by atoms with van der Waals surface area (Å²) in [5.74, 6) is -0.396. The van der Waals surface area contributed by atoms with Gasteiger partial charge in [-0.15, -0.1) is 0 Å². The summed E-state index contributed by atoms with van der Waals surface area (Å²) in [4.78, 5) is 29.6. The van der Waals surface area contributed by atoms with Gasteiger partial charge in [0.05, 0.1) is 5.52 Å². The Balaban J connectivity index is 1.85. The zero-order valence-electron chi connectivity index (χ0n) is 15.7. The predicted molar refractivity (Wildman–Crippen MR) is 106 cm³/mol. The number of aromatic nitrogens is 2. The number of nitrogens with one attached hydrogen (secondary N) is 2. The first-order valence-corrected chi connectivity index (χ1v) is 9.23. The fourth-order valence-electron chi connectivity index (χ4n) is 2.93. The van der Waals surface area contributed by atoms with Crippen LogP contribution < -0.4 is 10.6 Å². The maximum atomic E-state index is 12.8. The van der Waals surface area contributed by atoms with Crippen LogP contribution in [0.3, 0.4) is 0 Å². The molecule has 27 heavy (non-hydrogen) atoms. The molecular formula is C21H24N4O2. The Morgan fingerprint density at radius 1 is 1.07 bits per heavy atom. The lowest BCUT2D eigenvalue weighted by Crippen LogP contribution is -2.26. The fourth-order valence-corrected chi connectivity index (χ4v) is 2.93. The number of anilines is 1. The summed E-state index contributed by atoms with van der Waals surface area (Å²) in [7, 11) is 0. The van der Waals surface area contributed by atoms with Crippen molar-refractivity contribution in [1.82, 2.24) is 14.7 Å². The normalized spacial score (nSPS) is 10.7. The molecule has 2 N–H and O–H groups in total. The number of fused-ring (bicyclic) bond motifs is 1. The smallest absolute Gasteiger partial charge is 0.287 e. The molecule has 6 nitrogen and oxygen atoms in total. The van der Waals surface area contributed by atoms with Crippen molar-refractivity contribution in [2.24, 2.45) is 0 Å². The van der Waals surface area contributed by atoms with E-state index in [-0.39, 0.29) is 23.3 Å². The van der Waals surface area contributed by atoms with Crippen LogP contribution in [-0.4, -0.2) is 27.7 Å². The van der Waals surface area contributed by atoms with E-state index in [4.69, 9.17) is 0 Å². The highest BCUT2D eigenvalue weighted by atomic mass is 16.2. The minimum absolute atomic E-state index is 0.219. The molecule has 2 aromatic heterocycles. The Labute approximate surface area is 158 Å². The van der Waals surface area contributed by atoms with E-state index >= 15 is 0 Å². The van der Waals surface area contributed by atoms with Gasteiger partial charge in [0.15, 0.2) is 5.69 Å². The van der Waals surface area contributed by atoms with Gasteiger partial charge in [-0.05, 0) is 43.2 Å². The van der Waals surface area contributed by atoms with Crippen LogP contribution in [0.25, 0.3) is 5.52 Å². The van der Waals surface area contributed by atoms with E-state index in [1.54, 1.807) is 16.7 Å². The molecule has 140 valence electrons. The second-order valence-electron chi connectivity index (χ2n) is 6.53. The number of rotatable bonds is 7. The van der Waals surface area contributed by atoms with Crippen LogP contribution in [0.15, 0.2) is 48.7 Å².